The minimum Gasteiger partial charge on any atom is -0.491 e. The number of nitriles is 1. The zero-order valence-corrected chi connectivity index (χ0v) is 19.7. The van der Waals surface area contributed by atoms with E-state index in [1.165, 1.54) is 12.1 Å². The van der Waals surface area contributed by atoms with E-state index in [9.17, 15) is 14.0 Å². The predicted octanol–water partition coefficient (Wildman–Crippen LogP) is 4.44. The Balaban J connectivity index is 1.44. The molecule has 3 aromatic rings. The number of nitrogens with zero attached hydrogens (tertiary/aromatic N) is 1. The molecule has 0 amide bonds. The summed E-state index contributed by atoms with van der Waals surface area (Å²) >= 11 is 0. The lowest BCUT2D eigenvalue weighted by Gasteiger charge is -2.08. The fourth-order valence-corrected chi connectivity index (χ4v) is 2.87. The highest BCUT2D eigenvalue weighted by atomic mass is 19.1. The summed E-state index contributed by atoms with van der Waals surface area (Å²) in [5, 5.41) is 8.79. The molecule has 0 N–H and O–H groups in total. The van der Waals surface area contributed by atoms with Crippen LogP contribution in [0.5, 0.6) is 11.5 Å². The molecule has 186 valence electrons. The van der Waals surface area contributed by atoms with Crippen molar-refractivity contribution < 1.29 is 32.9 Å². The maximum atomic E-state index is 13.7. The minimum absolute atomic E-state index is 0.0362. The van der Waals surface area contributed by atoms with Crippen LogP contribution in [-0.2, 0) is 14.3 Å². The van der Waals surface area contributed by atoms with Crippen LogP contribution in [0.25, 0.3) is 0 Å². The molecule has 0 radical (unpaired) electrons. The van der Waals surface area contributed by atoms with Gasteiger partial charge in [0.25, 0.3) is 0 Å². The molecule has 0 aromatic heterocycles. The first-order valence-corrected chi connectivity index (χ1v) is 11.1. The van der Waals surface area contributed by atoms with Crippen molar-refractivity contribution in [1.29, 1.82) is 5.26 Å². The molecule has 7 nitrogen and oxygen atoms in total. The summed E-state index contributed by atoms with van der Waals surface area (Å²) in [4.78, 5) is 23.3. The number of carbonyl (C=O) groups is 2. The maximum Gasteiger partial charge on any atom is 0.343 e. The first kappa shape index (κ1) is 26.7. The standard InChI is InChI=1S/C29H22FNO6/c1-2-28(32)36-18-16-34-15-17-35-25-13-9-23(10-14-25)29(33)37-26-11-6-21(7-12-26)3-4-22-5-8-24(20-31)27(30)19-22/h2,5-14,19H,1,15-18H2. The van der Waals surface area contributed by atoms with Gasteiger partial charge in [0, 0.05) is 17.2 Å². The van der Waals surface area contributed by atoms with Crippen molar-refractivity contribution in [2.45, 2.75) is 0 Å². The summed E-state index contributed by atoms with van der Waals surface area (Å²) in [6.45, 7) is 4.28. The Morgan fingerprint density at radius 3 is 2.19 bits per heavy atom. The molecule has 0 unspecified atom stereocenters. The molecule has 0 aliphatic carbocycles. The topological polar surface area (TPSA) is 94.8 Å². The van der Waals surface area contributed by atoms with Crippen LogP contribution >= 0.6 is 0 Å². The number of halogens is 1. The van der Waals surface area contributed by atoms with Crippen molar-refractivity contribution in [3.63, 3.8) is 0 Å². The van der Waals surface area contributed by atoms with E-state index in [-0.39, 0.29) is 25.4 Å². The smallest absolute Gasteiger partial charge is 0.343 e. The third-order valence-electron chi connectivity index (χ3n) is 4.73. The van der Waals surface area contributed by atoms with Crippen LogP contribution in [0.4, 0.5) is 4.39 Å². The van der Waals surface area contributed by atoms with Crippen LogP contribution in [0.15, 0.2) is 79.4 Å². The number of rotatable bonds is 10. The molecular weight excluding hydrogens is 477 g/mol. The zero-order valence-electron chi connectivity index (χ0n) is 19.7. The third kappa shape index (κ3) is 8.66. The van der Waals surface area contributed by atoms with Gasteiger partial charge in [0.05, 0.1) is 24.3 Å². The van der Waals surface area contributed by atoms with Crippen molar-refractivity contribution in [2.24, 2.45) is 0 Å². The van der Waals surface area contributed by atoms with Gasteiger partial charge in [-0.1, -0.05) is 18.4 Å². The molecule has 0 spiro atoms. The Morgan fingerprint density at radius 2 is 1.51 bits per heavy atom. The van der Waals surface area contributed by atoms with Crippen LogP contribution < -0.4 is 9.47 Å². The average Bonchev–Trinajstić information content (AvgIpc) is 2.92. The van der Waals surface area contributed by atoms with Crippen LogP contribution in [0.1, 0.15) is 27.0 Å². The molecule has 0 bridgehead atoms. The summed E-state index contributed by atoms with van der Waals surface area (Å²) in [7, 11) is 0. The first-order chi connectivity index (χ1) is 18.0. The van der Waals surface area contributed by atoms with Crippen molar-refractivity contribution in [1.82, 2.24) is 0 Å². The van der Waals surface area contributed by atoms with Gasteiger partial charge in [-0.05, 0) is 66.7 Å². The second-order valence-electron chi connectivity index (χ2n) is 7.33. The highest BCUT2D eigenvalue weighted by molar-refractivity contribution is 5.91. The summed E-state index contributed by atoms with van der Waals surface area (Å²) in [5.41, 5.74) is 1.40. The molecule has 0 saturated carbocycles. The molecular formula is C29H22FNO6. The molecule has 37 heavy (non-hydrogen) atoms. The van der Waals surface area contributed by atoms with E-state index in [0.29, 0.717) is 34.8 Å². The monoisotopic (exact) mass is 499 g/mol. The number of carbonyl (C=O) groups excluding carboxylic acids is 2. The van der Waals surface area contributed by atoms with Gasteiger partial charge < -0.3 is 18.9 Å². The van der Waals surface area contributed by atoms with E-state index in [0.717, 1.165) is 6.08 Å². The Kier molecular flexibility index (Phi) is 9.98. The Bertz CT molecular complexity index is 1350. The number of benzene rings is 3. The quantitative estimate of drug-likeness (QED) is 0.134. The number of hydrogen-bond donors (Lipinski definition) is 0. The van der Waals surface area contributed by atoms with Crippen molar-refractivity contribution in [3.8, 4) is 29.4 Å². The van der Waals surface area contributed by atoms with E-state index >= 15 is 0 Å². The predicted molar refractivity (Wildman–Crippen MR) is 132 cm³/mol. The Hall–Kier alpha value is -4.92. The number of ether oxygens (including phenoxy) is 4. The molecule has 0 aliphatic rings. The molecule has 0 atom stereocenters. The maximum absolute atomic E-state index is 13.7. The third-order valence-corrected chi connectivity index (χ3v) is 4.73. The van der Waals surface area contributed by atoms with Crippen LogP contribution in [0, 0.1) is 29.0 Å². The lowest BCUT2D eigenvalue weighted by molar-refractivity contribution is -0.139. The lowest BCUT2D eigenvalue weighted by Crippen LogP contribution is -2.12. The molecule has 0 fully saturated rings. The number of esters is 2. The summed E-state index contributed by atoms with van der Waals surface area (Å²) in [6.07, 6.45) is 1.08. The fourth-order valence-electron chi connectivity index (χ4n) is 2.87. The van der Waals surface area contributed by atoms with Gasteiger partial charge >= 0.3 is 11.9 Å². The summed E-state index contributed by atoms with van der Waals surface area (Å²) in [6, 6.07) is 19.0. The van der Waals surface area contributed by atoms with Crippen LogP contribution in [0.2, 0.25) is 0 Å². The van der Waals surface area contributed by atoms with Gasteiger partial charge in [0.1, 0.15) is 36.6 Å². The highest BCUT2D eigenvalue weighted by Crippen LogP contribution is 2.17. The highest BCUT2D eigenvalue weighted by Gasteiger charge is 2.09. The first-order valence-electron chi connectivity index (χ1n) is 11.1. The van der Waals surface area contributed by atoms with Gasteiger partial charge in [-0.2, -0.15) is 5.26 Å². The second-order valence-corrected chi connectivity index (χ2v) is 7.33. The van der Waals surface area contributed by atoms with E-state index in [2.05, 4.69) is 18.4 Å². The van der Waals surface area contributed by atoms with Crippen molar-refractivity contribution in [3.05, 3.63) is 107 Å². The van der Waals surface area contributed by atoms with E-state index < -0.39 is 17.8 Å². The zero-order chi connectivity index (χ0) is 26.5. The lowest BCUT2D eigenvalue weighted by atomic mass is 10.1. The van der Waals surface area contributed by atoms with Gasteiger partial charge in [-0.3, -0.25) is 0 Å². The average molecular weight is 499 g/mol. The summed E-state index contributed by atoms with van der Waals surface area (Å²) < 4.78 is 34.7. The molecule has 3 aromatic carbocycles. The molecule has 0 saturated heterocycles. The fraction of sp³-hybridized carbons (Fsp3) is 0.138. The molecule has 0 heterocycles. The normalized spacial score (nSPS) is 9.84. The van der Waals surface area contributed by atoms with Crippen molar-refractivity contribution in [2.75, 3.05) is 26.4 Å². The SMILES string of the molecule is C=CC(=O)OCCOCCOc1ccc(C(=O)Oc2ccc(C#Cc3ccc(C#N)c(F)c3)cc2)cc1. The van der Waals surface area contributed by atoms with E-state index in [4.69, 9.17) is 24.2 Å². The van der Waals surface area contributed by atoms with Gasteiger partial charge in [0.15, 0.2) is 0 Å². The van der Waals surface area contributed by atoms with E-state index in [1.807, 2.05) is 0 Å². The Labute approximate surface area is 213 Å². The van der Waals surface area contributed by atoms with Gasteiger partial charge in [0.2, 0.25) is 0 Å². The largest absolute Gasteiger partial charge is 0.491 e. The van der Waals surface area contributed by atoms with Crippen LogP contribution in [0.3, 0.4) is 0 Å². The minimum atomic E-state index is -0.620. The molecule has 8 heteroatoms. The van der Waals surface area contributed by atoms with Gasteiger partial charge in [-0.25, -0.2) is 14.0 Å². The number of hydrogen-bond acceptors (Lipinski definition) is 7. The van der Waals surface area contributed by atoms with Gasteiger partial charge in [-0.15, -0.1) is 0 Å². The molecule has 3 rings (SSSR count). The van der Waals surface area contributed by atoms with Crippen molar-refractivity contribution >= 4 is 11.9 Å². The second kappa shape index (κ2) is 13.8. The Morgan fingerprint density at radius 1 is 0.865 bits per heavy atom. The van der Waals surface area contributed by atoms with Crippen LogP contribution in [-0.4, -0.2) is 38.4 Å². The van der Waals surface area contributed by atoms with E-state index in [1.54, 1.807) is 60.7 Å². The summed E-state index contributed by atoms with van der Waals surface area (Å²) in [5.74, 6) is 4.98. The molecule has 0 aliphatic heterocycles.